The Bertz CT molecular complexity index is 615. The number of pyridine rings is 2. The quantitative estimate of drug-likeness (QED) is 0.898. The summed E-state index contributed by atoms with van der Waals surface area (Å²) in [6.45, 7) is 2.32. The Labute approximate surface area is 115 Å². The fourth-order valence-corrected chi connectivity index (χ4v) is 1.75. The van der Waals surface area contributed by atoms with Gasteiger partial charge in [0.15, 0.2) is 0 Å². The van der Waals surface area contributed by atoms with E-state index >= 15 is 0 Å². The molecule has 6 heteroatoms. The second-order valence-electron chi connectivity index (χ2n) is 4.05. The van der Waals surface area contributed by atoms with Crippen molar-refractivity contribution in [2.75, 3.05) is 5.73 Å². The van der Waals surface area contributed by atoms with Gasteiger partial charge in [-0.1, -0.05) is 11.6 Å². The van der Waals surface area contributed by atoms with Gasteiger partial charge in [-0.3, -0.25) is 9.78 Å². The van der Waals surface area contributed by atoms with Crippen LogP contribution in [0.25, 0.3) is 0 Å². The minimum absolute atomic E-state index is 0.128. The monoisotopic (exact) mass is 276 g/mol. The van der Waals surface area contributed by atoms with E-state index in [9.17, 15) is 4.79 Å². The van der Waals surface area contributed by atoms with Crippen LogP contribution in [0.5, 0.6) is 0 Å². The number of nitrogen functional groups attached to an aromatic ring is 1. The molecule has 2 aromatic heterocycles. The first kappa shape index (κ1) is 13.3. The van der Waals surface area contributed by atoms with Crippen LogP contribution in [0.1, 0.15) is 21.6 Å². The Balaban J connectivity index is 2.10. The first-order valence-corrected chi connectivity index (χ1v) is 6.05. The molecule has 2 rings (SSSR count). The number of halogens is 1. The molecule has 2 heterocycles. The summed E-state index contributed by atoms with van der Waals surface area (Å²) in [5.41, 5.74) is 7.66. The van der Waals surface area contributed by atoms with Crippen molar-refractivity contribution in [1.82, 2.24) is 15.3 Å². The zero-order chi connectivity index (χ0) is 13.8. The third-order valence-electron chi connectivity index (χ3n) is 2.67. The molecule has 0 fully saturated rings. The molecule has 19 heavy (non-hydrogen) atoms. The van der Waals surface area contributed by atoms with Crippen molar-refractivity contribution in [2.24, 2.45) is 0 Å². The average Bonchev–Trinajstić information content (AvgIpc) is 2.40. The molecule has 0 atom stereocenters. The van der Waals surface area contributed by atoms with Gasteiger partial charge in [0.2, 0.25) is 0 Å². The molecule has 1 amide bonds. The van der Waals surface area contributed by atoms with E-state index in [0.717, 1.165) is 11.1 Å². The topological polar surface area (TPSA) is 80.9 Å². The van der Waals surface area contributed by atoms with E-state index in [2.05, 4.69) is 15.3 Å². The number of aryl methyl sites for hydroxylation is 1. The van der Waals surface area contributed by atoms with Crippen LogP contribution in [0, 0.1) is 6.92 Å². The highest BCUT2D eigenvalue weighted by molar-refractivity contribution is 6.33. The van der Waals surface area contributed by atoms with E-state index in [4.69, 9.17) is 17.3 Å². The molecular weight excluding hydrogens is 264 g/mol. The summed E-state index contributed by atoms with van der Waals surface area (Å²) in [7, 11) is 0. The Hall–Kier alpha value is -2.14. The minimum atomic E-state index is -0.361. The Kier molecular flexibility index (Phi) is 3.97. The third-order valence-corrected chi connectivity index (χ3v) is 2.97. The predicted molar refractivity (Wildman–Crippen MR) is 73.8 cm³/mol. The lowest BCUT2D eigenvalue weighted by molar-refractivity contribution is 0.0946. The molecule has 2 aromatic rings. The van der Waals surface area contributed by atoms with Crippen LogP contribution in [0.4, 0.5) is 5.82 Å². The molecule has 0 aliphatic carbocycles. The number of rotatable bonds is 3. The molecule has 0 aliphatic heterocycles. The highest BCUT2D eigenvalue weighted by Gasteiger charge is 2.12. The van der Waals surface area contributed by atoms with Gasteiger partial charge in [-0.25, -0.2) is 4.98 Å². The molecular formula is C13H13ClN4O. The van der Waals surface area contributed by atoms with E-state index in [1.807, 2.05) is 13.0 Å². The fraction of sp³-hybridized carbons (Fsp3) is 0.154. The van der Waals surface area contributed by atoms with Crippen molar-refractivity contribution in [1.29, 1.82) is 0 Å². The van der Waals surface area contributed by atoms with Gasteiger partial charge in [0.1, 0.15) is 11.5 Å². The highest BCUT2D eigenvalue weighted by Crippen LogP contribution is 2.15. The number of amides is 1. The first-order chi connectivity index (χ1) is 9.08. The molecule has 0 aromatic carbocycles. The lowest BCUT2D eigenvalue weighted by atomic mass is 10.1. The first-order valence-electron chi connectivity index (χ1n) is 5.67. The SMILES string of the molecule is Cc1ccncc1CNC(=O)c1nc(N)ccc1Cl. The van der Waals surface area contributed by atoms with Crippen molar-refractivity contribution in [2.45, 2.75) is 13.5 Å². The summed E-state index contributed by atoms with van der Waals surface area (Å²) in [6.07, 6.45) is 3.42. The number of carbonyl (C=O) groups excluding carboxylic acids is 1. The normalized spacial score (nSPS) is 10.2. The van der Waals surface area contributed by atoms with E-state index in [1.54, 1.807) is 24.5 Å². The van der Waals surface area contributed by atoms with Crippen LogP contribution in [0.3, 0.4) is 0 Å². The van der Waals surface area contributed by atoms with Crippen molar-refractivity contribution in [3.05, 3.63) is 52.4 Å². The standard InChI is InChI=1S/C13H13ClN4O/c1-8-4-5-16-6-9(8)7-17-13(19)12-10(14)2-3-11(15)18-12/h2-6H,7H2,1H3,(H2,15,18)(H,17,19). The fourth-order valence-electron chi connectivity index (χ4n) is 1.56. The van der Waals surface area contributed by atoms with Gasteiger partial charge in [0.05, 0.1) is 5.02 Å². The zero-order valence-corrected chi connectivity index (χ0v) is 11.1. The largest absolute Gasteiger partial charge is 0.384 e. The summed E-state index contributed by atoms with van der Waals surface area (Å²) in [4.78, 5) is 19.9. The summed E-state index contributed by atoms with van der Waals surface area (Å²) < 4.78 is 0. The molecule has 3 N–H and O–H groups in total. The molecule has 98 valence electrons. The van der Waals surface area contributed by atoms with Crippen LogP contribution in [-0.2, 0) is 6.54 Å². The molecule has 5 nitrogen and oxygen atoms in total. The third kappa shape index (κ3) is 3.20. The van der Waals surface area contributed by atoms with Gasteiger partial charge in [-0.15, -0.1) is 0 Å². The van der Waals surface area contributed by atoms with Gasteiger partial charge in [0, 0.05) is 18.9 Å². The zero-order valence-electron chi connectivity index (χ0n) is 10.4. The van der Waals surface area contributed by atoms with Gasteiger partial charge in [-0.2, -0.15) is 0 Å². The van der Waals surface area contributed by atoms with Gasteiger partial charge in [0.25, 0.3) is 5.91 Å². The van der Waals surface area contributed by atoms with E-state index < -0.39 is 0 Å². The van der Waals surface area contributed by atoms with Crippen LogP contribution in [0.15, 0.2) is 30.6 Å². The van der Waals surface area contributed by atoms with Crippen LogP contribution in [-0.4, -0.2) is 15.9 Å². The maximum Gasteiger partial charge on any atom is 0.271 e. The molecule has 0 saturated carbocycles. The number of aromatic nitrogens is 2. The van der Waals surface area contributed by atoms with Gasteiger partial charge < -0.3 is 11.1 Å². The lowest BCUT2D eigenvalue weighted by Gasteiger charge is -2.08. The van der Waals surface area contributed by atoms with Crippen LogP contribution in [0.2, 0.25) is 5.02 Å². The summed E-state index contributed by atoms with van der Waals surface area (Å²) >= 11 is 5.91. The van der Waals surface area contributed by atoms with Crippen molar-refractivity contribution in [3.8, 4) is 0 Å². The number of nitrogens with one attached hydrogen (secondary N) is 1. The van der Waals surface area contributed by atoms with E-state index in [0.29, 0.717) is 6.54 Å². The minimum Gasteiger partial charge on any atom is -0.384 e. The van der Waals surface area contributed by atoms with E-state index in [1.165, 1.54) is 0 Å². The van der Waals surface area contributed by atoms with Gasteiger partial charge in [-0.05, 0) is 36.2 Å². The Morgan fingerprint density at radius 2 is 2.21 bits per heavy atom. The molecule has 0 unspecified atom stereocenters. The second kappa shape index (κ2) is 5.67. The Morgan fingerprint density at radius 3 is 2.95 bits per heavy atom. The number of carbonyl (C=O) groups is 1. The number of hydrogen-bond acceptors (Lipinski definition) is 4. The van der Waals surface area contributed by atoms with Gasteiger partial charge >= 0.3 is 0 Å². The summed E-state index contributed by atoms with van der Waals surface area (Å²) in [5.74, 6) is -0.104. The Morgan fingerprint density at radius 1 is 1.42 bits per heavy atom. The van der Waals surface area contributed by atoms with Crippen molar-refractivity contribution in [3.63, 3.8) is 0 Å². The molecule has 0 radical (unpaired) electrons. The second-order valence-corrected chi connectivity index (χ2v) is 4.46. The van der Waals surface area contributed by atoms with Crippen molar-refractivity contribution < 1.29 is 4.79 Å². The number of anilines is 1. The summed E-state index contributed by atoms with van der Waals surface area (Å²) in [5, 5.41) is 3.02. The molecule has 0 bridgehead atoms. The number of hydrogen-bond donors (Lipinski definition) is 2. The van der Waals surface area contributed by atoms with Crippen LogP contribution < -0.4 is 11.1 Å². The number of nitrogens with two attached hydrogens (primary N) is 1. The molecule has 0 saturated heterocycles. The highest BCUT2D eigenvalue weighted by atomic mass is 35.5. The van der Waals surface area contributed by atoms with Crippen LogP contribution >= 0.6 is 11.6 Å². The maximum absolute atomic E-state index is 12.0. The summed E-state index contributed by atoms with van der Waals surface area (Å²) in [6, 6.07) is 4.98. The number of nitrogens with zero attached hydrogens (tertiary/aromatic N) is 2. The maximum atomic E-state index is 12.0. The predicted octanol–water partition coefficient (Wildman–Crippen LogP) is 1.95. The van der Waals surface area contributed by atoms with E-state index in [-0.39, 0.29) is 22.4 Å². The lowest BCUT2D eigenvalue weighted by Crippen LogP contribution is -2.25. The van der Waals surface area contributed by atoms with Crippen molar-refractivity contribution >= 4 is 23.3 Å². The molecule has 0 aliphatic rings. The molecule has 0 spiro atoms. The smallest absolute Gasteiger partial charge is 0.271 e. The average molecular weight is 277 g/mol.